The first-order valence-electron chi connectivity index (χ1n) is 10.6. The molecule has 3 N–H and O–H groups in total. The second kappa shape index (κ2) is 15.2. The molecule has 0 spiro atoms. The van der Waals surface area contributed by atoms with Crippen LogP contribution in [0.3, 0.4) is 0 Å². The van der Waals surface area contributed by atoms with Crippen LogP contribution in [-0.2, 0) is 23.9 Å². The normalized spacial score (nSPS) is 14.3. The van der Waals surface area contributed by atoms with Gasteiger partial charge in [0.1, 0.15) is 6.04 Å². The number of hydrogen-bond acceptors (Lipinski definition) is 5. The summed E-state index contributed by atoms with van der Waals surface area (Å²) in [5.41, 5.74) is -0.623. The highest BCUT2D eigenvalue weighted by Crippen LogP contribution is 2.30. The highest BCUT2D eigenvalue weighted by Gasteiger charge is 2.34. The van der Waals surface area contributed by atoms with E-state index in [1.165, 1.54) is 0 Å². The van der Waals surface area contributed by atoms with E-state index in [0.29, 0.717) is 51.7 Å². The van der Waals surface area contributed by atoms with Gasteiger partial charge in [-0.3, -0.25) is 9.59 Å². The quantitative estimate of drug-likeness (QED) is 0.314. The van der Waals surface area contributed by atoms with Crippen LogP contribution in [0.5, 0.6) is 0 Å². The number of rotatable bonds is 17. The van der Waals surface area contributed by atoms with Gasteiger partial charge in [-0.25, -0.2) is 4.79 Å². The molecule has 29 heavy (non-hydrogen) atoms. The van der Waals surface area contributed by atoms with Crippen molar-refractivity contribution in [1.82, 2.24) is 10.6 Å². The Morgan fingerprint density at radius 3 is 2.17 bits per heavy atom. The Kier molecular flexibility index (Phi) is 14.3. The van der Waals surface area contributed by atoms with E-state index in [0.717, 1.165) is 6.42 Å². The lowest BCUT2D eigenvalue weighted by molar-refractivity contribution is -0.144. The average molecular weight is 417 g/mol. The number of carboxylic acid groups (broad SMARTS) is 1. The van der Waals surface area contributed by atoms with Crippen molar-refractivity contribution >= 4 is 17.8 Å². The van der Waals surface area contributed by atoms with Crippen LogP contribution < -0.4 is 10.6 Å². The molecule has 0 fully saturated rings. The zero-order valence-corrected chi connectivity index (χ0v) is 18.7. The number of ether oxygens (including phenoxy) is 2. The predicted octanol–water partition coefficient (Wildman–Crippen LogP) is 2.36. The Balaban J connectivity index is 4.28. The van der Waals surface area contributed by atoms with E-state index in [-0.39, 0.29) is 24.7 Å². The summed E-state index contributed by atoms with van der Waals surface area (Å²) in [7, 11) is 0. The molecule has 0 aromatic rings. The van der Waals surface area contributed by atoms with Gasteiger partial charge in [0.2, 0.25) is 11.8 Å². The van der Waals surface area contributed by atoms with E-state index in [2.05, 4.69) is 10.6 Å². The van der Waals surface area contributed by atoms with Gasteiger partial charge in [-0.1, -0.05) is 34.6 Å². The van der Waals surface area contributed by atoms with Crippen molar-refractivity contribution in [2.75, 3.05) is 33.0 Å². The maximum absolute atomic E-state index is 12.6. The van der Waals surface area contributed by atoms with Crippen LogP contribution >= 0.6 is 0 Å². The van der Waals surface area contributed by atoms with Gasteiger partial charge in [-0.15, -0.1) is 0 Å². The fourth-order valence-electron chi connectivity index (χ4n) is 2.98. The number of carbonyl (C=O) groups excluding carboxylic acids is 2. The molecule has 2 atom stereocenters. The van der Waals surface area contributed by atoms with E-state index in [1.807, 2.05) is 34.6 Å². The van der Waals surface area contributed by atoms with Gasteiger partial charge >= 0.3 is 5.97 Å². The Bertz CT molecular complexity index is 498. The predicted molar refractivity (Wildman–Crippen MR) is 112 cm³/mol. The van der Waals surface area contributed by atoms with Gasteiger partial charge < -0.3 is 25.2 Å². The minimum Gasteiger partial charge on any atom is -0.480 e. The summed E-state index contributed by atoms with van der Waals surface area (Å²) in [6.45, 7) is 12.3. The molecule has 2 unspecified atom stereocenters. The number of hydrogen-bond donors (Lipinski definition) is 3. The third-order valence-electron chi connectivity index (χ3n) is 4.74. The smallest absolute Gasteiger partial charge is 0.326 e. The van der Waals surface area contributed by atoms with Crippen LogP contribution in [0.4, 0.5) is 0 Å². The van der Waals surface area contributed by atoms with E-state index in [9.17, 15) is 19.5 Å². The number of nitrogens with one attached hydrogen (secondary N) is 2. The molecule has 2 amide bonds. The lowest BCUT2D eigenvalue weighted by Gasteiger charge is -2.30. The summed E-state index contributed by atoms with van der Waals surface area (Å²) in [6.07, 6.45) is 2.31. The van der Waals surface area contributed by atoms with Crippen molar-refractivity contribution < 1.29 is 29.0 Å². The lowest BCUT2D eigenvalue weighted by Crippen LogP contribution is -2.48. The number of carboxylic acids is 1. The second-order valence-electron chi connectivity index (χ2n) is 7.99. The van der Waals surface area contributed by atoms with Crippen molar-refractivity contribution in [3.8, 4) is 0 Å². The molecule has 8 nitrogen and oxygen atoms in total. The van der Waals surface area contributed by atoms with Crippen LogP contribution in [0.15, 0.2) is 0 Å². The standard InChI is InChI=1S/C21H40N2O6/c1-6-11-28-13-14-29-12-10-22-18(24)9-8-17(19(25)26)23-20(27)21(5,7-2)15-16(3)4/h16-17H,6-15H2,1-5H3,(H,22,24)(H,23,27)(H,25,26). The van der Waals surface area contributed by atoms with Crippen molar-refractivity contribution in [3.05, 3.63) is 0 Å². The molecular weight excluding hydrogens is 376 g/mol. The van der Waals surface area contributed by atoms with Crippen LogP contribution in [-0.4, -0.2) is 61.9 Å². The van der Waals surface area contributed by atoms with Crippen LogP contribution in [0.2, 0.25) is 0 Å². The first kappa shape index (κ1) is 27.3. The molecule has 0 aromatic heterocycles. The van der Waals surface area contributed by atoms with Crippen LogP contribution in [0, 0.1) is 11.3 Å². The highest BCUT2D eigenvalue weighted by molar-refractivity contribution is 5.87. The first-order chi connectivity index (χ1) is 13.7. The monoisotopic (exact) mass is 416 g/mol. The molecule has 0 saturated carbocycles. The van der Waals surface area contributed by atoms with Crippen molar-refractivity contribution in [2.45, 2.75) is 72.8 Å². The topological polar surface area (TPSA) is 114 Å². The Hall–Kier alpha value is -1.67. The van der Waals surface area contributed by atoms with E-state index in [4.69, 9.17) is 9.47 Å². The molecule has 0 rings (SSSR count). The highest BCUT2D eigenvalue weighted by atomic mass is 16.5. The second-order valence-corrected chi connectivity index (χ2v) is 7.99. The molecule has 0 aromatic carbocycles. The summed E-state index contributed by atoms with van der Waals surface area (Å²) < 4.78 is 10.6. The lowest BCUT2D eigenvalue weighted by atomic mass is 9.78. The SMILES string of the molecule is CCCOCCOCCNC(=O)CCC(NC(=O)C(C)(CC)CC(C)C)C(=O)O. The van der Waals surface area contributed by atoms with Crippen molar-refractivity contribution in [1.29, 1.82) is 0 Å². The Morgan fingerprint density at radius 1 is 1.03 bits per heavy atom. The van der Waals surface area contributed by atoms with Gasteiger partial charge in [-0.05, 0) is 31.6 Å². The molecule has 0 bridgehead atoms. The van der Waals surface area contributed by atoms with E-state index in [1.54, 1.807) is 0 Å². The zero-order chi connectivity index (χ0) is 22.3. The molecule has 0 aliphatic rings. The Labute approximate surface area is 175 Å². The third kappa shape index (κ3) is 12.5. The van der Waals surface area contributed by atoms with Crippen molar-refractivity contribution in [3.63, 3.8) is 0 Å². The largest absolute Gasteiger partial charge is 0.480 e. The van der Waals surface area contributed by atoms with Gasteiger partial charge in [0, 0.05) is 25.0 Å². The van der Waals surface area contributed by atoms with Crippen LogP contribution in [0.25, 0.3) is 0 Å². The van der Waals surface area contributed by atoms with Gasteiger partial charge in [0.25, 0.3) is 0 Å². The van der Waals surface area contributed by atoms with Gasteiger partial charge in [0.15, 0.2) is 0 Å². The summed E-state index contributed by atoms with van der Waals surface area (Å²) in [4.78, 5) is 36.1. The van der Waals surface area contributed by atoms with Crippen molar-refractivity contribution in [2.24, 2.45) is 11.3 Å². The molecule has 0 heterocycles. The van der Waals surface area contributed by atoms with E-state index >= 15 is 0 Å². The Morgan fingerprint density at radius 2 is 1.66 bits per heavy atom. The number of aliphatic carboxylic acids is 1. The fourth-order valence-corrected chi connectivity index (χ4v) is 2.98. The summed E-state index contributed by atoms with van der Waals surface area (Å²) >= 11 is 0. The number of amides is 2. The van der Waals surface area contributed by atoms with Crippen LogP contribution in [0.1, 0.15) is 66.7 Å². The maximum atomic E-state index is 12.6. The van der Waals surface area contributed by atoms with Gasteiger partial charge in [0.05, 0.1) is 19.8 Å². The zero-order valence-electron chi connectivity index (χ0n) is 18.7. The molecule has 0 aliphatic heterocycles. The first-order valence-corrected chi connectivity index (χ1v) is 10.6. The minimum absolute atomic E-state index is 0.0177. The maximum Gasteiger partial charge on any atom is 0.326 e. The average Bonchev–Trinajstić information content (AvgIpc) is 2.65. The molecule has 0 saturated heterocycles. The van der Waals surface area contributed by atoms with E-state index < -0.39 is 17.4 Å². The fraction of sp³-hybridized carbons (Fsp3) is 0.857. The summed E-state index contributed by atoms with van der Waals surface area (Å²) in [6, 6.07) is -1.08. The summed E-state index contributed by atoms with van der Waals surface area (Å²) in [5, 5.41) is 14.7. The minimum atomic E-state index is -1.13. The molecular formula is C21H40N2O6. The molecule has 0 radical (unpaired) electrons. The van der Waals surface area contributed by atoms with Gasteiger partial charge in [-0.2, -0.15) is 0 Å². The third-order valence-corrected chi connectivity index (χ3v) is 4.74. The number of carbonyl (C=O) groups is 3. The molecule has 170 valence electrons. The summed E-state index contributed by atoms with van der Waals surface area (Å²) in [5.74, 6) is -1.36. The molecule has 8 heteroatoms. The molecule has 0 aliphatic carbocycles.